The second-order valence-electron chi connectivity index (χ2n) is 6.06. The first-order valence-corrected chi connectivity index (χ1v) is 9.07. The molecule has 0 bridgehead atoms. The highest BCUT2D eigenvalue weighted by atomic mass is 127. The summed E-state index contributed by atoms with van der Waals surface area (Å²) in [6.07, 6.45) is 4.54. The summed E-state index contributed by atoms with van der Waals surface area (Å²) in [4.78, 5) is 4.59. The molecule has 0 radical (unpaired) electrons. The molecule has 0 saturated carbocycles. The van der Waals surface area contributed by atoms with Crippen LogP contribution in [0, 0.1) is 5.92 Å². The van der Waals surface area contributed by atoms with Gasteiger partial charge in [-0.05, 0) is 25.0 Å². The molecule has 2 heterocycles. The first-order chi connectivity index (χ1) is 12.4. The molecule has 0 amide bonds. The van der Waals surface area contributed by atoms with E-state index >= 15 is 0 Å². The molecule has 8 heteroatoms. The predicted octanol–water partition coefficient (Wildman–Crippen LogP) is 2.06. The van der Waals surface area contributed by atoms with E-state index in [0.29, 0.717) is 12.5 Å². The van der Waals surface area contributed by atoms with E-state index in [9.17, 15) is 0 Å². The Labute approximate surface area is 173 Å². The van der Waals surface area contributed by atoms with E-state index in [0.717, 1.165) is 77.0 Å². The van der Waals surface area contributed by atoms with Crippen molar-refractivity contribution in [1.29, 1.82) is 0 Å². The number of hydrogen-bond acceptors (Lipinski definition) is 5. The van der Waals surface area contributed by atoms with Gasteiger partial charge in [-0.2, -0.15) is 0 Å². The Kier molecular flexibility index (Phi) is 13.6. The third-order valence-corrected chi connectivity index (χ3v) is 3.94. The number of nitrogens with zero attached hydrogens (tertiary/aromatic N) is 1. The van der Waals surface area contributed by atoms with E-state index in [2.05, 4.69) is 15.6 Å². The third kappa shape index (κ3) is 10.3. The van der Waals surface area contributed by atoms with Gasteiger partial charge < -0.3 is 29.3 Å². The minimum Gasteiger partial charge on any atom is -0.469 e. The Hall–Kier alpha value is -0.840. The Balaban J connectivity index is 0.00000338. The van der Waals surface area contributed by atoms with Gasteiger partial charge in [-0.25, -0.2) is 0 Å². The van der Waals surface area contributed by atoms with Crippen LogP contribution in [0.2, 0.25) is 0 Å². The second kappa shape index (κ2) is 15.2. The predicted molar refractivity (Wildman–Crippen MR) is 112 cm³/mol. The number of ether oxygens (including phenoxy) is 3. The molecule has 0 aromatic carbocycles. The standard InChI is InChI=1S/C18H31N3O4.HI/c1-22-13-9-21-18(20-8-5-17-4-2-11-25-17)19-7-3-10-23-14-16-6-12-24-15-16;/h2,4,11,16H,3,5-10,12-15H2,1H3,(H2,19,20,21);1H. The van der Waals surface area contributed by atoms with E-state index in [1.807, 2.05) is 12.1 Å². The van der Waals surface area contributed by atoms with Crippen molar-refractivity contribution in [3.63, 3.8) is 0 Å². The lowest BCUT2D eigenvalue weighted by atomic mass is 10.1. The van der Waals surface area contributed by atoms with Gasteiger partial charge in [0.1, 0.15) is 5.76 Å². The second-order valence-corrected chi connectivity index (χ2v) is 6.06. The van der Waals surface area contributed by atoms with Gasteiger partial charge in [-0.3, -0.25) is 4.99 Å². The molecular weight excluding hydrogens is 449 g/mol. The number of guanidine groups is 1. The average Bonchev–Trinajstić information content (AvgIpc) is 3.31. The van der Waals surface area contributed by atoms with Crippen LogP contribution >= 0.6 is 24.0 Å². The molecule has 0 spiro atoms. The SMILES string of the molecule is COCCNC(=NCCCOCC1CCOC1)NCCc1ccco1.I. The fourth-order valence-corrected chi connectivity index (χ4v) is 2.53. The van der Waals surface area contributed by atoms with Gasteiger partial charge in [-0.15, -0.1) is 24.0 Å². The number of rotatable bonds is 12. The minimum atomic E-state index is 0. The smallest absolute Gasteiger partial charge is 0.191 e. The van der Waals surface area contributed by atoms with E-state index < -0.39 is 0 Å². The first kappa shape index (κ1) is 23.2. The Morgan fingerprint density at radius 3 is 2.92 bits per heavy atom. The molecule has 1 saturated heterocycles. The normalized spacial score (nSPS) is 17.1. The summed E-state index contributed by atoms with van der Waals surface area (Å²) in [5, 5.41) is 6.58. The van der Waals surface area contributed by atoms with Gasteiger partial charge >= 0.3 is 0 Å². The van der Waals surface area contributed by atoms with Crippen LogP contribution in [0.5, 0.6) is 0 Å². The van der Waals surface area contributed by atoms with E-state index in [4.69, 9.17) is 18.6 Å². The van der Waals surface area contributed by atoms with Gasteiger partial charge in [0.25, 0.3) is 0 Å². The summed E-state index contributed by atoms with van der Waals surface area (Å²) in [5.41, 5.74) is 0. The zero-order chi connectivity index (χ0) is 17.6. The van der Waals surface area contributed by atoms with Gasteiger partial charge in [0.05, 0.1) is 26.1 Å². The van der Waals surface area contributed by atoms with Crippen LogP contribution in [-0.2, 0) is 20.6 Å². The van der Waals surface area contributed by atoms with Gasteiger partial charge in [0, 0.05) is 52.3 Å². The quantitative estimate of drug-likeness (QED) is 0.206. The Bertz CT molecular complexity index is 465. The highest BCUT2D eigenvalue weighted by Gasteiger charge is 2.15. The Morgan fingerprint density at radius 1 is 1.31 bits per heavy atom. The molecule has 2 rings (SSSR count). The van der Waals surface area contributed by atoms with Crippen molar-refractivity contribution in [3.05, 3.63) is 24.2 Å². The highest BCUT2D eigenvalue weighted by molar-refractivity contribution is 14.0. The lowest BCUT2D eigenvalue weighted by molar-refractivity contribution is 0.0893. The fourth-order valence-electron chi connectivity index (χ4n) is 2.53. The number of hydrogen-bond donors (Lipinski definition) is 2. The fraction of sp³-hybridized carbons (Fsp3) is 0.722. The zero-order valence-electron chi connectivity index (χ0n) is 15.6. The van der Waals surface area contributed by atoms with Crippen molar-refractivity contribution >= 4 is 29.9 Å². The molecule has 1 unspecified atom stereocenters. The van der Waals surface area contributed by atoms with Crippen molar-refractivity contribution in [2.75, 3.05) is 59.8 Å². The molecule has 1 aliphatic rings. The molecule has 1 aromatic heterocycles. The van der Waals surface area contributed by atoms with Gasteiger partial charge in [0.2, 0.25) is 0 Å². The molecule has 0 aliphatic carbocycles. The zero-order valence-corrected chi connectivity index (χ0v) is 17.9. The monoisotopic (exact) mass is 481 g/mol. The van der Waals surface area contributed by atoms with Crippen LogP contribution in [-0.4, -0.2) is 65.7 Å². The molecule has 2 N–H and O–H groups in total. The molecular formula is C18H32IN3O4. The van der Waals surface area contributed by atoms with Crippen LogP contribution < -0.4 is 10.6 Å². The minimum absolute atomic E-state index is 0. The Morgan fingerprint density at radius 2 is 2.19 bits per heavy atom. The molecule has 26 heavy (non-hydrogen) atoms. The maximum absolute atomic E-state index is 5.71. The summed E-state index contributed by atoms with van der Waals surface area (Å²) >= 11 is 0. The average molecular weight is 481 g/mol. The van der Waals surface area contributed by atoms with Crippen LogP contribution in [0.3, 0.4) is 0 Å². The topological polar surface area (TPSA) is 77.2 Å². The number of nitrogens with one attached hydrogen (secondary N) is 2. The van der Waals surface area contributed by atoms with Crippen molar-refractivity contribution in [2.45, 2.75) is 19.3 Å². The lowest BCUT2D eigenvalue weighted by Gasteiger charge is -2.12. The van der Waals surface area contributed by atoms with Crippen LogP contribution in [0.1, 0.15) is 18.6 Å². The van der Waals surface area contributed by atoms with Gasteiger partial charge in [0.15, 0.2) is 5.96 Å². The maximum atomic E-state index is 5.71. The summed E-state index contributed by atoms with van der Waals surface area (Å²) in [6.45, 7) is 6.10. The molecule has 150 valence electrons. The van der Waals surface area contributed by atoms with E-state index in [1.54, 1.807) is 13.4 Å². The molecule has 1 fully saturated rings. The summed E-state index contributed by atoms with van der Waals surface area (Å²) in [6, 6.07) is 3.88. The van der Waals surface area contributed by atoms with Crippen LogP contribution in [0.25, 0.3) is 0 Å². The van der Waals surface area contributed by atoms with Crippen molar-refractivity contribution < 1.29 is 18.6 Å². The third-order valence-electron chi connectivity index (χ3n) is 3.94. The largest absolute Gasteiger partial charge is 0.469 e. The number of furan rings is 1. The van der Waals surface area contributed by atoms with Crippen molar-refractivity contribution in [1.82, 2.24) is 10.6 Å². The van der Waals surface area contributed by atoms with E-state index in [-0.39, 0.29) is 24.0 Å². The highest BCUT2D eigenvalue weighted by Crippen LogP contribution is 2.12. The van der Waals surface area contributed by atoms with Gasteiger partial charge in [-0.1, -0.05) is 0 Å². The lowest BCUT2D eigenvalue weighted by Crippen LogP contribution is -2.40. The number of halogens is 1. The maximum Gasteiger partial charge on any atom is 0.191 e. The van der Waals surface area contributed by atoms with Crippen molar-refractivity contribution in [2.24, 2.45) is 10.9 Å². The van der Waals surface area contributed by atoms with Crippen molar-refractivity contribution in [3.8, 4) is 0 Å². The van der Waals surface area contributed by atoms with Crippen LogP contribution in [0.15, 0.2) is 27.8 Å². The number of aliphatic imine (C=N–C) groups is 1. The molecule has 1 aliphatic heterocycles. The molecule has 7 nitrogen and oxygen atoms in total. The summed E-state index contributed by atoms with van der Waals surface area (Å²) in [7, 11) is 1.69. The first-order valence-electron chi connectivity index (χ1n) is 9.07. The number of methoxy groups -OCH3 is 1. The summed E-state index contributed by atoms with van der Waals surface area (Å²) in [5.74, 6) is 2.33. The van der Waals surface area contributed by atoms with E-state index in [1.165, 1.54) is 0 Å². The summed E-state index contributed by atoms with van der Waals surface area (Å²) < 4.78 is 21.5. The molecule has 1 aromatic rings. The van der Waals surface area contributed by atoms with Crippen LogP contribution in [0.4, 0.5) is 0 Å². The molecule has 1 atom stereocenters.